The zero-order valence-corrected chi connectivity index (χ0v) is 17.8. The molecule has 2 rings (SSSR count). The van der Waals surface area contributed by atoms with E-state index in [0.717, 1.165) is 28.1 Å². The molecule has 0 fully saturated rings. The highest BCUT2D eigenvalue weighted by Crippen LogP contribution is 2.31. The van der Waals surface area contributed by atoms with Crippen LogP contribution in [0, 0.1) is 0 Å². The Balaban J connectivity index is 2.22. The first-order valence-electron chi connectivity index (χ1n) is 8.97. The number of hydrogen-bond donors (Lipinski definition) is 1. The molecule has 0 heterocycles. The van der Waals surface area contributed by atoms with Crippen molar-refractivity contribution in [2.24, 2.45) is 0 Å². The second-order valence-corrected chi connectivity index (χ2v) is 8.97. The molecule has 10 heteroatoms. The van der Waals surface area contributed by atoms with Gasteiger partial charge in [-0.15, -0.1) is 0 Å². The molecule has 2 aromatic rings. The number of nitrogens with one attached hydrogen (secondary N) is 1. The van der Waals surface area contributed by atoms with Gasteiger partial charge in [-0.25, -0.2) is 8.42 Å². The Morgan fingerprint density at radius 1 is 1.17 bits per heavy atom. The summed E-state index contributed by atoms with van der Waals surface area (Å²) in [7, 11) is -1.54. The maximum absolute atomic E-state index is 13.0. The SMILES string of the molecule is COc1ccc(C(C)C)cc1S(=O)(=O)N(C)CC(=O)Nc1cccc(C(F)(F)F)c1. The predicted octanol–water partition coefficient (Wildman–Crippen LogP) is 4.10. The number of hydrogen-bond acceptors (Lipinski definition) is 4. The third-order valence-corrected chi connectivity index (χ3v) is 6.21. The number of halogens is 3. The maximum atomic E-state index is 13.0. The molecule has 0 aliphatic rings. The van der Waals surface area contributed by atoms with Crippen LogP contribution < -0.4 is 10.1 Å². The fourth-order valence-corrected chi connectivity index (χ4v) is 4.00. The summed E-state index contributed by atoms with van der Waals surface area (Å²) in [6.07, 6.45) is -4.56. The molecule has 2 aromatic carbocycles. The molecule has 0 aromatic heterocycles. The van der Waals surface area contributed by atoms with Gasteiger partial charge in [0.2, 0.25) is 15.9 Å². The number of likely N-dealkylation sites (N-methyl/N-ethyl adjacent to an activating group) is 1. The monoisotopic (exact) mass is 444 g/mol. The van der Waals surface area contributed by atoms with Gasteiger partial charge >= 0.3 is 6.18 Å². The van der Waals surface area contributed by atoms with Crippen LogP contribution in [0.3, 0.4) is 0 Å². The number of carbonyl (C=O) groups is 1. The van der Waals surface area contributed by atoms with Crippen molar-refractivity contribution >= 4 is 21.6 Å². The van der Waals surface area contributed by atoms with Crippen LogP contribution in [-0.2, 0) is 21.0 Å². The Kier molecular flexibility index (Phi) is 7.14. The number of carbonyl (C=O) groups excluding carboxylic acids is 1. The van der Waals surface area contributed by atoms with Gasteiger partial charge in [0.05, 0.1) is 19.2 Å². The topological polar surface area (TPSA) is 75.7 Å². The Morgan fingerprint density at radius 3 is 2.40 bits per heavy atom. The number of amides is 1. The van der Waals surface area contributed by atoms with Crippen LogP contribution in [0.25, 0.3) is 0 Å². The quantitative estimate of drug-likeness (QED) is 0.698. The Hall–Kier alpha value is -2.59. The van der Waals surface area contributed by atoms with E-state index in [-0.39, 0.29) is 22.3 Å². The van der Waals surface area contributed by atoms with E-state index >= 15 is 0 Å². The first kappa shape index (κ1) is 23.7. The van der Waals surface area contributed by atoms with E-state index in [4.69, 9.17) is 4.74 Å². The first-order chi connectivity index (χ1) is 13.9. The fraction of sp³-hybridized carbons (Fsp3) is 0.350. The Morgan fingerprint density at radius 2 is 1.83 bits per heavy atom. The van der Waals surface area contributed by atoms with Crippen molar-refractivity contribution in [1.29, 1.82) is 0 Å². The number of ether oxygens (including phenoxy) is 1. The lowest BCUT2D eigenvalue weighted by Crippen LogP contribution is -2.35. The summed E-state index contributed by atoms with van der Waals surface area (Å²) >= 11 is 0. The van der Waals surface area contributed by atoms with Crippen LogP contribution in [-0.4, -0.2) is 39.3 Å². The van der Waals surface area contributed by atoms with Crippen molar-refractivity contribution in [2.45, 2.75) is 30.8 Å². The third kappa shape index (κ3) is 5.51. The summed E-state index contributed by atoms with van der Waals surface area (Å²) in [6.45, 7) is 3.22. The van der Waals surface area contributed by atoms with Gasteiger partial charge < -0.3 is 10.1 Å². The zero-order valence-electron chi connectivity index (χ0n) is 16.9. The van der Waals surface area contributed by atoms with E-state index in [1.165, 1.54) is 26.3 Å². The Bertz CT molecular complexity index is 1020. The molecule has 0 saturated carbocycles. The van der Waals surface area contributed by atoms with Crippen LogP contribution in [0.1, 0.15) is 30.9 Å². The molecule has 0 aliphatic carbocycles. The van der Waals surface area contributed by atoms with Crippen LogP contribution in [0.5, 0.6) is 5.75 Å². The maximum Gasteiger partial charge on any atom is 0.416 e. The van der Waals surface area contributed by atoms with Crippen LogP contribution in [0.2, 0.25) is 0 Å². The van der Waals surface area contributed by atoms with E-state index in [1.807, 2.05) is 13.8 Å². The Labute approximate surface area is 173 Å². The van der Waals surface area contributed by atoms with Crippen molar-refractivity contribution in [2.75, 3.05) is 26.0 Å². The minimum Gasteiger partial charge on any atom is -0.495 e. The van der Waals surface area contributed by atoms with Crippen molar-refractivity contribution in [3.05, 3.63) is 53.6 Å². The molecule has 1 N–H and O–H groups in total. The van der Waals surface area contributed by atoms with E-state index in [0.29, 0.717) is 0 Å². The molecule has 30 heavy (non-hydrogen) atoms. The minimum atomic E-state index is -4.56. The molecule has 1 amide bonds. The van der Waals surface area contributed by atoms with Crippen LogP contribution in [0.15, 0.2) is 47.4 Å². The molecule has 0 radical (unpaired) electrons. The van der Waals surface area contributed by atoms with Gasteiger partial charge in [-0.3, -0.25) is 4.79 Å². The van der Waals surface area contributed by atoms with Gasteiger partial charge in [-0.1, -0.05) is 26.0 Å². The number of sulfonamides is 1. The van der Waals surface area contributed by atoms with Crippen molar-refractivity contribution in [1.82, 2.24) is 4.31 Å². The summed E-state index contributed by atoms with van der Waals surface area (Å²) in [5.74, 6) is -0.580. The number of methoxy groups -OCH3 is 1. The van der Waals surface area contributed by atoms with Crippen molar-refractivity contribution < 1.29 is 31.1 Å². The standard InChI is InChI=1S/C20H23F3N2O4S/c1-13(2)14-8-9-17(29-4)18(10-14)30(27,28)25(3)12-19(26)24-16-7-5-6-15(11-16)20(21,22)23/h5-11,13H,12H2,1-4H3,(H,24,26). The summed E-state index contributed by atoms with van der Waals surface area (Å²) in [5.41, 5.74) is -0.229. The number of rotatable bonds is 7. The van der Waals surface area contributed by atoms with Gasteiger partial charge in [-0.05, 0) is 41.8 Å². The average molecular weight is 444 g/mol. The molecule has 0 saturated heterocycles. The minimum absolute atomic E-state index is 0.0689. The van der Waals surface area contributed by atoms with Gasteiger partial charge in [0.15, 0.2) is 0 Å². The molecule has 0 bridgehead atoms. The molecule has 164 valence electrons. The number of benzene rings is 2. The normalized spacial score (nSPS) is 12.3. The smallest absolute Gasteiger partial charge is 0.416 e. The zero-order chi connectivity index (χ0) is 22.7. The summed E-state index contributed by atoms with van der Waals surface area (Å²) in [4.78, 5) is 12.2. The van der Waals surface area contributed by atoms with E-state index in [1.54, 1.807) is 12.1 Å². The third-order valence-electron chi connectivity index (χ3n) is 4.38. The predicted molar refractivity (Wildman–Crippen MR) is 107 cm³/mol. The number of anilines is 1. The largest absolute Gasteiger partial charge is 0.495 e. The van der Waals surface area contributed by atoms with E-state index in [9.17, 15) is 26.4 Å². The highest BCUT2D eigenvalue weighted by Gasteiger charge is 2.31. The molecule has 0 unspecified atom stereocenters. The molecular weight excluding hydrogens is 421 g/mol. The number of alkyl halides is 3. The molecule has 0 aliphatic heterocycles. The second kappa shape index (κ2) is 9.05. The summed E-state index contributed by atoms with van der Waals surface area (Å²) in [6, 6.07) is 8.88. The van der Waals surface area contributed by atoms with Gasteiger partial charge in [0.25, 0.3) is 0 Å². The van der Waals surface area contributed by atoms with E-state index in [2.05, 4.69) is 5.32 Å². The van der Waals surface area contributed by atoms with Crippen molar-refractivity contribution in [3.8, 4) is 5.75 Å². The lowest BCUT2D eigenvalue weighted by atomic mass is 10.0. The van der Waals surface area contributed by atoms with Gasteiger partial charge in [0, 0.05) is 12.7 Å². The van der Waals surface area contributed by atoms with Gasteiger partial charge in [0.1, 0.15) is 10.6 Å². The highest BCUT2D eigenvalue weighted by molar-refractivity contribution is 7.89. The van der Waals surface area contributed by atoms with Crippen LogP contribution >= 0.6 is 0 Å². The number of nitrogens with zero attached hydrogens (tertiary/aromatic N) is 1. The molecule has 0 spiro atoms. The molecule has 6 nitrogen and oxygen atoms in total. The molecule has 0 atom stereocenters. The lowest BCUT2D eigenvalue weighted by molar-refractivity contribution is -0.137. The fourth-order valence-electron chi connectivity index (χ4n) is 2.68. The summed E-state index contributed by atoms with van der Waals surface area (Å²) < 4.78 is 70.3. The van der Waals surface area contributed by atoms with Gasteiger partial charge in [-0.2, -0.15) is 17.5 Å². The first-order valence-corrected chi connectivity index (χ1v) is 10.4. The van der Waals surface area contributed by atoms with Crippen molar-refractivity contribution in [3.63, 3.8) is 0 Å². The summed E-state index contributed by atoms with van der Waals surface area (Å²) in [5, 5.41) is 2.29. The second-order valence-electron chi connectivity index (χ2n) is 6.95. The average Bonchev–Trinajstić information content (AvgIpc) is 2.66. The molecular formula is C20H23F3N2O4S. The lowest BCUT2D eigenvalue weighted by Gasteiger charge is -2.20. The highest BCUT2D eigenvalue weighted by atomic mass is 32.2. The van der Waals surface area contributed by atoms with E-state index < -0.39 is 34.2 Å². The van der Waals surface area contributed by atoms with Crippen LogP contribution in [0.4, 0.5) is 18.9 Å².